The Hall–Kier alpha value is -2.60. The monoisotopic (exact) mass is 397 g/mol. The van der Waals surface area contributed by atoms with Crippen molar-refractivity contribution in [2.24, 2.45) is 11.8 Å². The topological polar surface area (TPSA) is 74.7 Å². The van der Waals surface area contributed by atoms with E-state index in [-0.39, 0.29) is 11.7 Å². The molecule has 0 saturated carbocycles. The number of amides is 1. The van der Waals surface area contributed by atoms with E-state index < -0.39 is 0 Å². The molecule has 0 unspecified atom stereocenters. The summed E-state index contributed by atoms with van der Waals surface area (Å²) in [4.78, 5) is 18.9. The molecule has 0 bridgehead atoms. The number of phenolic OH excluding ortho intramolecular Hbond substituents is 1. The van der Waals surface area contributed by atoms with Crippen molar-refractivity contribution in [3.05, 3.63) is 53.9 Å². The highest BCUT2D eigenvalue weighted by Crippen LogP contribution is 2.31. The Morgan fingerprint density at radius 3 is 2.90 bits per heavy atom. The van der Waals surface area contributed by atoms with Crippen LogP contribution in [0.25, 0.3) is 0 Å². The van der Waals surface area contributed by atoms with E-state index in [1.807, 2.05) is 24.3 Å². The number of carbonyl (C=O) groups is 1. The van der Waals surface area contributed by atoms with Crippen LogP contribution in [0.5, 0.6) is 11.5 Å². The van der Waals surface area contributed by atoms with Crippen LogP contribution in [0.1, 0.15) is 37.3 Å². The van der Waals surface area contributed by atoms with Crippen molar-refractivity contribution in [1.29, 1.82) is 0 Å². The first kappa shape index (κ1) is 21.1. The summed E-state index contributed by atoms with van der Waals surface area (Å²) in [6, 6.07) is 9.31. The third-order valence-electron chi connectivity index (χ3n) is 5.85. The molecule has 1 aliphatic rings. The van der Waals surface area contributed by atoms with E-state index >= 15 is 0 Å². The maximum absolute atomic E-state index is 12.4. The van der Waals surface area contributed by atoms with Gasteiger partial charge in [-0.15, -0.1) is 0 Å². The van der Waals surface area contributed by atoms with Gasteiger partial charge in [-0.3, -0.25) is 14.7 Å². The lowest BCUT2D eigenvalue weighted by molar-refractivity contribution is -0.123. The van der Waals surface area contributed by atoms with Crippen LogP contribution in [-0.2, 0) is 17.9 Å². The molecule has 2 aromatic rings. The van der Waals surface area contributed by atoms with E-state index in [0.717, 1.165) is 37.1 Å². The predicted molar refractivity (Wildman–Crippen MR) is 113 cm³/mol. The predicted octanol–water partition coefficient (Wildman–Crippen LogP) is 3.35. The van der Waals surface area contributed by atoms with E-state index in [0.29, 0.717) is 37.1 Å². The van der Waals surface area contributed by atoms with Crippen LogP contribution in [0.3, 0.4) is 0 Å². The number of likely N-dealkylation sites (tertiary alicyclic amines) is 1. The number of carbonyl (C=O) groups excluding carboxylic acids is 1. The molecule has 0 aliphatic carbocycles. The van der Waals surface area contributed by atoms with Gasteiger partial charge in [0.1, 0.15) is 11.5 Å². The maximum atomic E-state index is 12.4. The molecule has 1 aromatic carbocycles. The Kier molecular flexibility index (Phi) is 7.47. The first-order chi connectivity index (χ1) is 14.1. The van der Waals surface area contributed by atoms with E-state index in [1.54, 1.807) is 25.6 Å². The molecule has 156 valence electrons. The number of piperidine rings is 1. The lowest BCUT2D eigenvalue weighted by atomic mass is 9.81. The average Bonchev–Trinajstić information content (AvgIpc) is 2.75. The average molecular weight is 398 g/mol. The van der Waals surface area contributed by atoms with Crippen molar-refractivity contribution in [2.75, 3.05) is 20.2 Å². The fraction of sp³-hybridized carbons (Fsp3) is 0.478. The zero-order valence-corrected chi connectivity index (χ0v) is 17.3. The fourth-order valence-electron chi connectivity index (χ4n) is 4.09. The zero-order chi connectivity index (χ0) is 20.6. The number of nitrogens with one attached hydrogen (secondary N) is 1. The van der Waals surface area contributed by atoms with Gasteiger partial charge in [0.05, 0.1) is 7.11 Å². The molecule has 1 fully saturated rings. The Labute approximate surface area is 172 Å². The Morgan fingerprint density at radius 2 is 2.21 bits per heavy atom. The highest BCUT2D eigenvalue weighted by atomic mass is 16.5. The van der Waals surface area contributed by atoms with Gasteiger partial charge < -0.3 is 15.2 Å². The molecule has 1 aromatic heterocycles. The number of hydrogen-bond donors (Lipinski definition) is 2. The molecule has 0 radical (unpaired) electrons. The molecule has 0 spiro atoms. The largest absolute Gasteiger partial charge is 0.507 e. The Bertz CT molecular complexity index is 797. The molecule has 1 amide bonds. The first-order valence-corrected chi connectivity index (χ1v) is 10.3. The maximum Gasteiger partial charge on any atom is 0.220 e. The van der Waals surface area contributed by atoms with Crippen LogP contribution in [0.4, 0.5) is 0 Å². The molecule has 6 nitrogen and oxygen atoms in total. The number of methoxy groups -OCH3 is 1. The summed E-state index contributed by atoms with van der Waals surface area (Å²) < 4.78 is 5.16. The number of hydrogen-bond acceptors (Lipinski definition) is 5. The van der Waals surface area contributed by atoms with Gasteiger partial charge in [0.25, 0.3) is 0 Å². The summed E-state index contributed by atoms with van der Waals surface area (Å²) in [5.74, 6) is 1.92. The third kappa shape index (κ3) is 5.94. The second kappa shape index (κ2) is 10.3. The standard InChI is InChI=1S/C23H31N3O3/c1-3-18-15-26(16-20-6-7-21(29-2)12-22(20)27)10-8-19(18)11-23(28)25-14-17-5-4-9-24-13-17/h4-7,9,12-13,18-19,27H,3,8,10-11,14-16H2,1-2H3,(H,25,28)/t18-,19-/m0/s1. The molecule has 29 heavy (non-hydrogen) atoms. The highest BCUT2D eigenvalue weighted by Gasteiger charge is 2.29. The van der Waals surface area contributed by atoms with Crippen LogP contribution in [0.15, 0.2) is 42.7 Å². The number of benzene rings is 1. The third-order valence-corrected chi connectivity index (χ3v) is 5.85. The Balaban J connectivity index is 1.50. The van der Waals surface area contributed by atoms with Crippen molar-refractivity contribution < 1.29 is 14.6 Å². The van der Waals surface area contributed by atoms with Gasteiger partial charge in [0.15, 0.2) is 0 Å². The minimum Gasteiger partial charge on any atom is -0.507 e. The number of aromatic nitrogens is 1. The van der Waals surface area contributed by atoms with Gasteiger partial charge in [0, 0.05) is 50.1 Å². The van der Waals surface area contributed by atoms with Crippen LogP contribution in [0.2, 0.25) is 0 Å². The molecule has 2 atom stereocenters. The molecule has 3 rings (SSSR count). The Morgan fingerprint density at radius 1 is 1.34 bits per heavy atom. The first-order valence-electron chi connectivity index (χ1n) is 10.3. The quantitative estimate of drug-likeness (QED) is 0.715. The minimum absolute atomic E-state index is 0.110. The number of rotatable bonds is 8. The van der Waals surface area contributed by atoms with E-state index in [4.69, 9.17) is 4.74 Å². The van der Waals surface area contributed by atoms with Crippen molar-refractivity contribution >= 4 is 5.91 Å². The normalized spacial score (nSPS) is 19.7. The zero-order valence-electron chi connectivity index (χ0n) is 17.3. The number of pyridine rings is 1. The van der Waals surface area contributed by atoms with Crippen LogP contribution >= 0.6 is 0 Å². The molecule has 6 heteroatoms. The van der Waals surface area contributed by atoms with Crippen LogP contribution in [0, 0.1) is 11.8 Å². The lowest BCUT2D eigenvalue weighted by Crippen LogP contribution is -2.41. The number of phenols is 1. The van der Waals surface area contributed by atoms with E-state index in [9.17, 15) is 9.90 Å². The van der Waals surface area contributed by atoms with Gasteiger partial charge in [-0.05, 0) is 42.5 Å². The second-order valence-electron chi connectivity index (χ2n) is 7.79. The molecule has 2 N–H and O–H groups in total. The van der Waals surface area contributed by atoms with Gasteiger partial charge >= 0.3 is 0 Å². The van der Waals surface area contributed by atoms with Crippen LogP contribution < -0.4 is 10.1 Å². The van der Waals surface area contributed by atoms with Crippen molar-refractivity contribution in [3.8, 4) is 11.5 Å². The molecule has 1 aliphatic heterocycles. The summed E-state index contributed by atoms with van der Waals surface area (Å²) in [6.45, 7) is 5.32. The van der Waals surface area contributed by atoms with E-state index in [2.05, 4.69) is 22.1 Å². The van der Waals surface area contributed by atoms with Gasteiger partial charge in [0.2, 0.25) is 5.91 Å². The lowest BCUT2D eigenvalue weighted by Gasteiger charge is -2.38. The highest BCUT2D eigenvalue weighted by molar-refractivity contribution is 5.76. The van der Waals surface area contributed by atoms with Crippen molar-refractivity contribution in [2.45, 2.75) is 39.3 Å². The number of ether oxygens (including phenoxy) is 1. The number of nitrogens with zero attached hydrogens (tertiary/aromatic N) is 2. The molecular weight excluding hydrogens is 366 g/mol. The van der Waals surface area contributed by atoms with Gasteiger partial charge in [-0.2, -0.15) is 0 Å². The summed E-state index contributed by atoms with van der Waals surface area (Å²) >= 11 is 0. The van der Waals surface area contributed by atoms with Gasteiger partial charge in [-0.25, -0.2) is 0 Å². The fourth-order valence-corrected chi connectivity index (χ4v) is 4.09. The van der Waals surface area contributed by atoms with Crippen molar-refractivity contribution in [3.63, 3.8) is 0 Å². The van der Waals surface area contributed by atoms with Crippen LogP contribution in [-0.4, -0.2) is 41.1 Å². The van der Waals surface area contributed by atoms with E-state index in [1.165, 1.54) is 0 Å². The molecule has 2 heterocycles. The molecular formula is C23H31N3O3. The number of aromatic hydroxyl groups is 1. The summed E-state index contributed by atoms with van der Waals surface area (Å²) in [6.07, 6.45) is 6.13. The molecule has 1 saturated heterocycles. The summed E-state index contributed by atoms with van der Waals surface area (Å²) in [7, 11) is 1.60. The SMILES string of the molecule is CC[C@H]1CN(Cc2ccc(OC)cc2O)CC[C@H]1CC(=O)NCc1cccnc1. The second-order valence-corrected chi connectivity index (χ2v) is 7.79. The van der Waals surface area contributed by atoms with Crippen molar-refractivity contribution in [1.82, 2.24) is 15.2 Å². The minimum atomic E-state index is 0.110. The summed E-state index contributed by atoms with van der Waals surface area (Å²) in [5.41, 5.74) is 1.93. The summed E-state index contributed by atoms with van der Waals surface area (Å²) in [5, 5.41) is 13.3. The smallest absolute Gasteiger partial charge is 0.220 e. The van der Waals surface area contributed by atoms with Gasteiger partial charge in [-0.1, -0.05) is 25.5 Å².